The van der Waals surface area contributed by atoms with Crippen molar-refractivity contribution in [3.05, 3.63) is 59.3 Å². The molecule has 0 radical (unpaired) electrons. The number of fused-ring (bicyclic) bond motifs is 1. The standard InChI is InChI=1S/C28H37N7O2S/c1-19-15-21(9-10-22(19)20-11-13-34(3)14-12-20)30-27-29-16-23-26(32-27)35(17-28(23,2)18-36)25-8-6-7-24(31-25)33-38(4,5)37/h6-10,15-16,20,36H,11-14,17-18H2,1-5H3,(H,29,30,32)/t28-/m0/s1. The highest BCUT2D eigenvalue weighted by atomic mass is 32.2. The Kier molecular flexibility index (Phi) is 7.15. The fourth-order valence-corrected chi connectivity index (χ4v) is 5.95. The summed E-state index contributed by atoms with van der Waals surface area (Å²) in [4.78, 5) is 18.5. The molecule has 1 fully saturated rings. The monoisotopic (exact) mass is 535 g/mol. The van der Waals surface area contributed by atoms with Crippen LogP contribution in [-0.4, -0.2) is 75.0 Å². The van der Waals surface area contributed by atoms with Crippen LogP contribution in [0.2, 0.25) is 0 Å². The lowest BCUT2D eigenvalue weighted by atomic mass is 9.87. The number of hydrogen-bond donors (Lipinski definition) is 2. The largest absolute Gasteiger partial charge is 0.395 e. The van der Waals surface area contributed by atoms with Gasteiger partial charge in [0.2, 0.25) is 5.95 Å². The molecule has 10 heteroatoms. The second-order valence-electron chi connectivity index (χ2n) is 11.1. The Bertz CT molecular complexity index is 1450. The van der Waals surface area contributed by atoms with Crippen LogP contribution in [0.5, 0.6) is 0 Å². The lowest BCUT2D eigenvalue weighted by molar-refractivity contribution is 0.216. The summed E-state index contributed by atoms with van der Waals surface area (Å²) < 4.78 is 16.5. The highest BCUT2D eigenvalue weighted by Crippen LogP contribution is 2.43. The molecule has 0 amide bonds. The third-order valence-electron chi connectivity index (χ3n) is 7.52. The first kappa shape index (κ1) is 26.5. The van der Waals surface area contributed by atoms with Crippen LogP contribution in [0.15, 0.2) is 47.0 Å². The number of nitrogens with zero attached hydrogens (tertiary/aromatic N) is 6. The summed E-state index contributed by atoms with van der Waals surface area (Å²) in [6, 6.07) is 12.0. The van der Waals surface area contributed by atoms with E-state index in [1.807, 2.05) is 24.0 Å². The van der Waals surface area contributed by atoms with Crippen molar-refractivity contribution in [3.63, 3.8) is 0 Å². The van der Waals surface area contributed by atoms with Crippen molar-refractivity contribution in [2.75, 3.05) is 56.0 Å². The molecular weight excluding hydrogens is 498 g/mol. The maximum absolute atomic E-state index is 12.2. The van der Waals surface area contributed by atoms with Gasteiger partial charge in [-0.05, 0) is 81.2 Å². The zero-order valence-corrected chi connectivity index (χ0v) is 23.6. The molecule has 0 aliphatic carbocycles. The Morgan fingerprint density at radius 2 is 1.95 bits per heavy atom. The van der Waals surface area contributed by atoms with Gasteiger partial charge in [-0.2, -0.15) is 9.35 Å². The number of benzene rings is 1. The van der Waals surface area contributed by atoms with Crippen LogP contribution in [0.3, 0.4) is 0 Å². The molecule has 4 heterocycles. The molecule has 1 atom stereocenters. The number of rotatable bonds is 6. The first-order valence-electron chi connectivity index (χ1n) is 13.0. The van der Waals surface area contributed by atoms with Crippen molar-refractivity contribution >= 4 is 38.8 Å². The van der Waals surface area contributed by atoms with Crippen LogP contribution in [-0.2, 0) is 15.1 Å². The van der Waals surface area contributed by atoms with Gasteiger partial charge in [0.05, 0.1) is 6.61 Å². The number of aliphatic hydroxyl groups excluding tert-OH is 1. The fraction of sp³-hybridized carbons (Fsp3) is 0.464. The lowest BCUT2D eigenvalue weighted by Gasteiger charge is -2.30. The van der Waals surface area contributed by atoms with E-state index in [9.17, 15) is 9.32 Å². The predicted molar refractivity (Wildman–Crippen MR) is 154 cm³/mol. The minimum atomic E-state index is -2.35. The number of piperidine rings is 1. The average Bonchev–Trinajstić information content (AvgIpc) is 3.17. The molecule has 2 aliphatic rings. The van der Waals surface area contributed by atoms with Gasteiger partial charge in [-0.15, -0.1) is 0 Å². The minimum absolute atomic E-state index is 0.0495. The van der Waals surface area contributed by atoms with E-state index in [1.165, 1.54) is 24.0 Å². The third kappa shape index (κ3) is 5.52. The van der Waals surface area contributed by atoms with Gasteiger partial charge in [-0.1, -0.05) is 19.1 Å². The van der Waals surface area contributed by atoms with Crippen molar-refractivity contribution in [3.8, 4) is 0 Å². The van der Waals surface area contributed by atoms with Crippen molar-refractivity contribution in [2.24, 2.45) is 4.36 Å². The van der Waals surface area contributed by atoms with E-state index in [0.717, 1.165) is 24.3 Å². The van der Waals surface area contributed by atoms with Gasteiger partial charge in [-0.25, -0.2) is 14.2 Å². The molecule has 3 aromatic rings. The van der Waals surface area contributed by atoms with Crippen LogP contribution in [0.1, 0.15) is 42.4 Å². The van der Waals surface area contributed by atoms with Crippen LogP contribution in [0.25, 0.3) is 0 Å². The molecule has 38 heavy (non-hydrogen) atoms. The van der Waals surface area contributed by atoms with Crippen LogP contribution < -0.4 is 10.2 Å². The molecule has 2 aliphatic heterocycles. The number of pyridine rings is 1. The molecule has 0 unspecified atom stereocenters. The number of anilines is 4. The van der Waals surface area contributed by atoms with Crippen molar-refractivity contribution in [1.82, 2.24) is 19.9 Å². The summed E-state index contributed by atoms with van der Waals surface area (Å²) >= 11 is 0. The molecule has 2 N–H and O–H groups in total. The summed E-state index contributed by atoms with van der Waals surface area (Å²) in [6.07, 6.45) is 7.34. The molecule has 5 rings (SSSR count). The van der Waals surface area contributed by atoms with Crippen LogP contribution in [0.4, 0.5) is 29.1 Å². The SMILES string of the molecule is Cc1cc(Nc2ncc3c(n2)N(c2cccc(N=S(C)(C)=O)n2)C[C@@]3(C)CO)ccc1C1CCN(C)CC1. The second kappa shape index (κ2) is 10.2. The van der Waals surface area contributed by atoms with Gasteiger partial charge in [-0.3, -0.25) is 0 Å². The molecule has 1 aromatic carbocycles. The van der Waals surface area contributed by atoms with E-state index >= 15 is 0 Å². The van der Waals surface area contributed by atoms with Gasteiger partial charge in [0.15, 0.2) is 5.82 Å². The molecule has 1 saturated heterocycles. The summed E-state index contributed by atoms with van der Waals surface area (Å²) in [5.41, 5.74) is 3.95. The van der Waals surface area contributed by atoms with E-state index < -0.39 is 15.1 Å². The summed E-state index contributed by atoms with van der Waals surface area (Å²) in [5.74, 6) is 2.82. The molecule has 0 bridgehead atoms. The van der Waals surface area contributed by atoms with E-state index in [1.54, 1.807) is 24.8 Å². The van der Waals surface area contributed by atoms with E-state index in [4.69, 9.17) is 4.98 Å². The molecule has 202 valence electrons. The summed E-state index contributed by atoms with van der Waals surface area (Å²) in [7, 11) is -0.159. The maximum atomic E-state index is 12.2. The van der Waals surface area contributed by atoms with Gasteiger partial charge in [0.1, 0.15) is 11.6 Å². The Morgan fingerprint density at radius 3 is 2.63 bits per heavy atom. The Labute approximate surface area is 225 Å². The molecule has 0 saturated carbocycles. The predicted octanol–water partition coefficient (Wildman–Crippen LogP) is 4.49. The molecule has 0 spiro atoms. The Hall–Kier alpha value is -3.08. The number of hydrogen-bond acceptors (Lipinski definition) is 9. The first-order valence-corrected chi connectivity index (χ1v) is 15.3. The van der Waals surface area contributed by atoms with Crippen LogP contribution >= 0.6 is 0 Å². The van der Waals surface area contributed by atoms with Gasteiger partial charge < -0.3 is 20.2 Å². The smallest absolute Gasteiger partial charge is 0.229 e. The normalized spacial score (nSPS) is 20.4. The second-order valence-corrected chi connectivity index (χ2v) is 13.7. The first-order chi connectivity index (χ1) is 18.0. The maximum Gasteiger partial charge on any atom is 0.229 e. The van der Waals surface area contributed by atoms with Gasteiger partial charge in [0.25, 0.3) is 0 Å². The lowest BCUT2D eigenvalue weighted by Crippen LogP contribution is -2.32. The zero-order chi connectivity index (χ0) is 27.1. The number of nitrogens with one attached hydrogen (secondary N) is 1. The number of aliphatic hydroxyl groups is 1. The van der Waals surface area contributed by atoms with Crippen molar-refractivity contribution < 1.29 is 9.32 Å². The van der Waals surface area contributed by atoms with E-state index in [0.29, 0.717) is 35.9 Å². The molecular formula is C28H37N7O2S. The summed E-state index contributed by atoms with van der Waals surface area (Å²) in [6.45, 7) is 6.88. The van der Waals surface area contributed by atoms with Gasteiger partial charge in [0, 0.05) is 51.6 Å². The quantitative estimate of drug-likeness (QED) is 0.475. The highest BCUT2D eigenvalue weighted by molar-refractivity contribution is 7.92. The fourth-order valence-electron chi connectivity index (χ4n) is 5.40. The molecule has 2 aromatic heterocycles. The van der Waals surface area contributed by atoms with Crippen molar-refractivity contribution in [1.29, 1.82) is 0 Å². The zero-order valence-electron chi connectivity index (χ0n) is 22.8. The number of likely N-dealkylation sites (tertiary alicyclic amines) is 1. The third-order valence-corrected chi connectivity index (χ3v) is 8.15. The van der Waals surface area contributed by atoms with Crippen LogP contribution in [0, 0.1) is 6.92 Å². The number of aryl methyl sites for hydroxylation is 1. The van der Waals surface area contributed by atoms with E-state index in [2.05, 4.69) is 56.7 Å². The average molecular weight is 536 g/mol. The Balaban J connectivity index is 1.44. The minimum Gasteiger partial charge on any atom is -0.395 e. The van der Waals surface area contributed by atoms with Gasteiger partial charge >= 0.3 is 0 Å². The Morgan fingerprint density at radius 1 is 1.18 bits per heavy atom. The number of aromatic nitrogens is 3. The topological polar surface area (TPSA) is 107 Å². The summed E-state index contributed by atoms with van der Waals surface area (Å²) in [5, 5.41) is 13.6. The van der Waals surface area contributed by atoms with Crippen molar-refractivity contribution in [2.45, 2.75) is 38.0 Å². The molecule has 9 nitrogen and oxygen atoms in total. The highest BCUT2D eigenvalue weighted by Gasteiger charge is 2.41. The van der Waals surface area contributed by atoms with E-state index in [-0.39, 0.29) is 6.61 Å².